The third-order valence-electron chi connectivity index (χ3n) is 3.06. The van der Waals surface area contributed by atoms with Crippen LogP contribution in [0.5, 0.6) is 0 Å². The average Bonchev–Trinajstić information content (AvgIpc) is 2.56. The Balaban J connectivity index is 2.42. The Labute approximate surface area is 98.3 Å². The molecule has 1 atom stereocenters. The van der Waals surface area contributed by atoms with Crippen LogP contribution in [-0.4, -0.2) is 16.1 Å². The van der Waals surface area contributed by atoms with E-state index in [4.69, 9.17) is 5.11 Å². The Morgan fingerprint density at radius 2 is 2.24 bits per heavy atom. The first-order valence-corrected chi connectivity index (χ1v) is 5.48. The van der Waals surface area contributed by atoms with Crippen LogP contribution in [-0.2, 0) is 11.2 Å². The van der Waals surface area contributed by atoms with Crippen molar-refractivity contribution in [2.75, 3.05) is 0 Å². The van der Waals surface area contributed by atoms with Crippen molar-refractivity contribution in [3.63, 3.8) is 0 Å². The van der Waals surface area contributed by atoms with Gasteiger partial charge in [-0.3, -0.25) is 4.79 Å². The summed E-state index contributed by atoms with van der Waals surface area (Å²) in [6, 6.07) is 4.53. The molecule has 2 N–H and O–H groups in total. The first-order valence-electron chi connectivity index (χ1n) is 5.48. The van der Waals surface area contributed by atoms with E-state index >= 15 is 0 Å². The molecule has 0 bridgehead atoms. The van der Waals surface area contributed by atoms with E-state index in [2.05, 4.69) is 4.98 Å². The second kappa shape index (κ2) is 4.20. The maximum atomic E-state index is 13.1. The van der Waals surface area contributed by atoms with Gasteiger partial charge in [0.2, 0.25) is 0 Å². The summed E-state index contributed by atoms with van der Waals surface area (Å²) in [6.07, 6.45) is 0.428. The number of carboxylic acid groups (broad SMARTS) is 1. The van der Waals surface area contributed by atoms with Gasteiger partial charge < -0.3 is 10.1 Å². The second-order valence-corrected chi connectivity index (χ2v) is 4.36. The van der Waals surface area contributed by atoms with Crippen molar-refractivity contribution in [3.05, 3.63) is 35.3 Å². The van der Waals surface area contributed by atoms with E-state index in [1.807, 2.05) is 6.92 Å². The van der Waals surface area contributed by atoms with E-state index < -0.39 is 11.9 Å². The summed E-state index contributed by atoms with van der Waals surface area (Å²) in [6.45, 7) is 3.54. The molecule has 0 aliphatic heterocycles. The number of benzene rings is 1. The van der Waals surface area contributed by atoms with Crippen LogP contribution < -0.4 is 0 Å². The SMILES string of the molecule is Cc1c(CC(C)C(=O)O)[nH]c2ccc(F)cc12. The monoisotopic (exact) mass is 235 g/mol. The number of aryl methyl sites for hydroxylation is 1. The number of H-pyrrole nitrogens is 1. The van der Waals surface area contributed by atoms with Crippen LogP contribution in [0.15, 0.2) is 18.2 Å². The minimum atomic E-state index is -0.825. The van der Waals surface area contributed by atoms with Crippen molar-refractivity contribution in [1.82, 2.24) is 4.98 Å². The molecule has 0 spiro atoms. The van der Waals surface area contributed by atoms with E-state index in [1.54, 1.807) is 13.0 Å². The highest BCUT2D eigenvalue weighted by Crippen LogP contribution is 2.24. The number of rotatable bonds is 3. The van der Waals surface area contributed by atoms with Gasteiger partial charge in [-0.15, -0.1) is 0 Å². The van der Waals surface area contributed by atoms with Crippen LogP contribution in [0.25, 0.3) is 10.9 Å². The predicted octanol–water partition coefficient (Wildman–Crippen LogP) is 2.88. The van der Waals surface area contributed by atoms with Crippen molar-refractivity contribution in [2.24, 2.45) is 5.92 Å². The lowest BCUT2D eigenvalue weighted by Gasteiger charge is -2.04. The second-order valence-electron chi connectivity index (χ2n) is 4.36. The Morgan fingerprint density at radius 1 is 1.53 bits per heavy atom. The number of hydrogen-bond donors (Lipinski definition) is 2. The fourth-order valence-corrected chi connectivity index (χ4v) is 1.95. The summed E-state index contributed by atoms with van der Waals surface area (Å²) in [7, 11) is 0. The third-order valence-corrected chi connectivity index (χ3v) is 3.06. The van der Waals surface area contributed by atoms with Gasteiger partial charge in [-0.2, -0.15) is 0 Å². The summed E-state index contributed by atoms with van der Waals surface area (Å²) in [4.78, 5) is 14.0. The number of fused-ring (bicyclic) bond motifs is 1. The zero-order valence-corrected chi connectivity index (χ0v) is 9.75. The van der Waals surface area contributed by atoms with Gasteiger partial charge in [-0.25, -0.2) is 4.39 Å². The molecule has 2 rings (SSSR count). The lowest BCUT2D eigenvalue weighted by Crippen LogP contribution is -2.12. The number of nitrogens with one attached hydrogen (secondary N) is 1. The molecule has 3 nitrogen and oxygen atoms in total. The number of halogens is 1. The molecule has 1 aromatic heterocycles. The molecule has 0 saturated heterocycles. The summed E-state index contributed by atoms with van der Waals surface area (Å²) in [5.41, 5.74) is 2.63. The molecule has 4 heteroatoms. The van der Waals surface area contributed by atoms with Crippen LogP contribution in [0.3, 0.4) is 0 Å². The highest BCUT2D eigenvalue weighted by molar-refractivity contribution is 5.84. The van der Waals surface area contributed by atoms with Gasteiger partial charge >= 0.3 is 5.97 Å². The van der Waals surface area contributed by atoms with Gasteiger partial charge in [0.15, 0.2) is 0 Å². The zero-order chi connectivity index (χ0) is 12.6. The minimum Gasteiger partial charge on any atom is -0.481 e. The van der Waals surface area contributed by atoms with Gasteiger partial charge in [0.1, 0.15) is 5.82 Å². The molecule has 0 amide bonds. The highest BCUT2D eigenvalue weighted by Gasteiger charge is 2.16. The summed E-state index contributed by atoms with van der Waals surface area (Å²) in [5.74, 6) is -1.56. The van der Waals surface area contributed by atoms with Crippen LogP contribution >= 0.6 is 0 Å². The first kappa shape index (κ1) is 11.6. The summed E-state index contributed by atoms with van der Waals surface area (Å²) < 4.78 is 13.1. The van der Waals surface area contributed by atoms with E-state index in [9.17, 15) is 9.18 Å². The maximum Gasteiger partial charge on any atom is 0.306 e. The van der Waals surface area contributed by atoms with Crippen LogP contribution in [0.2, 0.25) is 0 Å². The molecular formula is C13H14FNO2. The quantitative estimate of drug-likeness (QED) is 0.859. The fourth-order valence-electron chi connectivity index (χ4n) is 1.95. The number of aliphatic carboxylic acids is 1. The molecule has 1 heterocycles. The van der Waals surface area contributed by atoms with Crippen LogP contribution in [0.1, 0.15) is 18.2 Å². The largest absolute Gasteiger partial charge is 0.481 e. The Bertz CT molecular complexity index is 574. The number of aromatic amines is 1. The summed E-state index contributed by atoms with van der Waals surface area (Å²) in [5, 5.41) is 9.70. The fraction of sp³-hybridized carbons (Fsp3) is 0.308. The molecule has 0 saturated carbocycles. The number of carbonyl (C=O) groups is 1. The normalized spacial score (nSPS) is 12.9. The number of hydrogen-bond acceptors (Lipinski definition) is 1. The molecule has 0 radical (unpaired) electrons. The van der Waals surface area contributed by atoms with E-state index in [0.29, 0.717) is 6.42 Å². The molecule has 0 fully saturated rings. The minimum absolute atomic E-state index is 0.280. The lowest BCUT2D eigenvalue weighted by atomic mass is 10.0. The molecule has 17 heavy (non-hydrogen) atoms. The lowest BCUT2D eigenvalue weighted by molar-refractivity contribution is -0.141. The van der Waals surface area contributed by atoms with Crippen molar-refractivity contribution in [2.45, 2.75) is 20.3 Å². The van der Waals surface area contributed by atoms with Crippen molar-refractivity contribution in [1.29, 1.82) is 0 Å². The number of aromatic nitrogens is 1. The Morgan fingerprint density at radius 3 is 2.88 bits per heavy atom. The predicted molar refractivity (Wildman–Crippen MR) is 63.5 cm³/mol. The smallest absolute Gasteiger partial charge is 0.306 e. The van der Waals surface area contributed by atoms with Gasteiger partial charge in [-0.1, -0.05) is 6.92 Å². The highest BCUT2D eigenvalue weighted by atomic mass is 19.1. The summed E-state index contributed by atoms with van der Waals surface area (Å²) >= 11 is 0. The Kier molecular flexibility index (Phi) is 2.88. The average molecular weight is 235 g/mol. The molecule has 1 aromatic carbocycles. The Hall–Kier alpha value is -1.84. The molecule has 2 aromatic rings. The van der Waals surface area contributed by atoms with Crippen LogP contribution in [0.4, 0.5) is 4.39 Å². The van der Waals surface area contributed by atoms with Crippen molar-refractivity contribution < 1.29 is 14.3 Å². The molecular weight excluding hydrogens is 221 g/mol. The van der Waals surface area contributed by atoms with Gasteiger partial charge in [0, 0.05) is 23.0 Å². The zero-order valence-electron chi connectivity index (χ0n) is 9.75. The van der Waals surface area contributed by atoms with E-state index in [1.165, 1.54) is 12.1 Å². The van der Waals surface area contributed by atoms with Gasteiger partial charge in [-0.05, 0) is 30.7 Å². The third kappa shape index (κ3) is 2.16. The molecule has 90 valence electrons. The van der Waals surface area contributed by atoms with Crippen LogP contribution in [0, 0.1) is 18.7 Å². The molecule has 1 unspecified atom stereocenters. The van der Waals surface area contributed by atoms with Gasteiger partial charge in [0.25, 0.3) is 0 Å². The molecule has 0 aliphatic rings. The number of carboxylic acids is 1. The van der Waals surface area contributed by atoms with Gasteiger partial charge in [0.05, 0.1) is 5.92 Å². The maximum absolute atomic E-state index is 13.1. The van der Waals surface area contributed by atoms with E-state index in [0.717, 1.165) is 22.2 Å². The standard InChI is InChI=1S/C13H14FNO2/c1-7(13(16)17)5-12-8(2)10-6-9(14)3-4-11(10)15-12/h3-4,6-7,15H,5H2,1-2H3,(H,16,17). The molecule has 0 aliphatic carbocycles. The first-order chi connectivity index (χ1) is 7.99. The van der Waals surface area contributed by atoms with Crippen molar-refractivity contribution >= 4 is 16.9 Å². The van der Waals surface area contributed by atoms with E-state index in [-0.39, 0.29) is 5.82 Å². The van der Waals surface area contributed by atoms with Crippen molar-refractivity contribution in [3.8, 4) is 0 Å². The topological polar surface area (TPSA) is 53.1 Å².